The number of carboxylic acids is 1. The standard InChI is InChI=1S/C19H37N7O6/c1-19(2,3)32-18(31)24-11-14(27)25-12(7-4-5-9-20)15(28)26-13(16(29)30)8-6-10-23-17(21)22/h12-13H,4-11,20H2,1-3H3,(H,24,31)(H,25,27)(H,26,28)(H,29,30)(H4,21,22,23)/t12-,13-/m0/s1. The van der Waals surface area contributed by atoms with Crippen LogP contribution in [-0.4, -0.2) is 72.3 Å². The number of rotatable bonds is 14. The molecule has 2 atom stereocenters. The van der Waals surface area contributed by atoms with E-state index in [-0.39, 0.29) is 25.3 Å². The van der Waals surface area contributed by atoms with E-state index in [4.69, 9.17) is 21.9 Å². The molecule has 0 radical (unpaired) electrons. The molecule has 0 aliphatic carbocycles. The molecule has 0 spiro atoms. The van der Waals surface area contributed by atoms with Gasteiger partial charge in [-0.25, -0.2) is 9.59 Å². The summed E-state index contributed by atoms with van der Waals surface area (Å²) in [5.41, 5.74) is 15.2. The molecule has 184 valence electrons. The van der Waals surface area contributed by atoms with E-state index in [1.807, 2.05) is 0 Å². The number of nitrogens with one attached hydrogen (secondary N) is 3. The minimum absolute atomic E-state index is 0.0987. The summed E-state index contributed by atoms with van der Waals surface area (Å²) in [5.74, 6) is -2.60. The Kier molecular flexibility index (Phi) is 13.4. The van der Waals surface area contributed by atoms with E-state index in [2.05, 4.69) is 20.9 Å². The van der Waals surface area contributed by atoms with Crippen LogP contribution in [0.25, 0.3) is 0 Å². The summed E-state index contributed by atoms with van der Waals surface area (Å²) >= 11 is 0. The fourth-order valence-corrected chi connectivity index (χ4v) is 2.51. The molecule has 0 fully saturated rings. The summed E-state index contributed by atoms with van der Waals surface area (Å²) in [6.45, 7) is 5.26. The number of aliphatic imine (C=N–C) groups is 1. The van der Waals surface area contributed by atoms with E-state index >= 15 is 0 Å². The van der Waals surface area contributed by atoms with Gasteiger partial charge in [0.05, 0.1) is 0 Å². The third-order valence-electron chi connectivity index (χ3n) is 3.95. The van der Waals surface area contributed by atoms with Crippen molar-refractivity contribution in [1.82, 2.24) is 16.0 Å². The van der Waals surface area contributed by atoms with Crippen LogP contribution in [-0.2, 0) is 19.1 Å². The first-order valence-corrected chi connectivity index (χ1v) is 10.4. The SMILES string of the molecule is CC(C)(C)OC(=O)NCC(=O)N[C@@H](CCCCN)C(=O)N[C@@H](CCCN=C(N)N)C(=O)O. The second kappa shape index (κ2) is 14.8. The predicted octanol–water partition coefficient (Wildman–Crippen LogP) is -1.25. The van der Waals surface area contributed by atoms with E-state index in [1.54, 1.807) is 20.8 Å². The number of carbonyl (C=O) groups is 4. The highest BCUT2D eigenvalue weighted by molar-refractivity contribution is 5.91. The largest absolute Gasteiger partial charge is 0.480 e. The van der Waals surface area contributed by atoms with Gasteiger partial charge in [-0.1, -0.05) is 0 Å². The van der Waals surface area contributed by atoms with Crippen LogP contribution < -0.4 is 33.2 Å². The molecule has 13 heteroatoms. The average Bonchev–Trinajstić information content (AvgIpc) is 2.66. The zero-order valence-electron chi connectivity index (χ0n) is 19.0. The molecule has 10 N–H and O–H groups in total. The number of hydrogen-bond acceptors (Lipinski definition) is 7. The van der Waals surface area contributed by atoms with Crippen molar-refractivity contribution in [3.63, 3.8) is 0 Å². The topological polar surface area (TPSA) is 224 Å². The number of amides is 3. The highest BCUT2D eigenvalue weighted by atomic mass is 16.6. The van der Waals surface area contributed by atoms with Gasteiger partial charge in [0.15, 0.2) is 5.96 Å². The number of nitrogens with zero attached hydrogens (tertiary/aromatic N) is 1. The molecule has 0 aromatic heterocycles. The molecule has 0 saturated heterocycles. The fourth-order valence-electron chi connectivity index (χ4n) is 2.51. The monoisotopic (exact) mass is 459 g/mol. The van der Waals surface area contributed by atoms with Crippen LogP contribution in [0.3, 0.4) is 0 Å². The van der Waals surface area contributed by atoms with Gasteiger partial charge in [0.1, 0.15) is 24.2 Å². The van der Waals surface area contributed by atoms with Crippen LogP contribution in [0, 0.1) is 0 Å². The number of hydrogen-bond donors (Lipinski definition) is 7. The van der Waals surface area contributed by atoms with Crippen molar-refractivity contribution in [1.29, 1.82) is 0 Å². The van der Waals surface area contributed by atoms with Gasteiger partial charge in [0.25, 0.3) is 0 Å². The van der Waals surface area contributed by atoms with Gasteiger partial charge in [0, 0.05) is 6.54 Å². The predicted molar refractivity (Wildman–Crippen MR) is 119 cm³/mol. The van der Waals surface area contributed by atoms with Gasteiger partial charge in [-0.05, 0) is 59.4 Å². The first-order chi connectivity index (χ1) is 14.9. The Hall–Kier alpha value is -3.09. The summed E-state index contributed by atoms with van der Waals surface area (Å²) in [6, 6.07) is -2.17. The van der Waals surface area contributed by atoms with Crippen LogP contribution in [0.15, 0.2) is 4.99 Å². The van der Waals surface area contributed by atoms with Gasteiger partial charge in [-0.2, -0.15) is 0 Å². The lowest BCUT2D eigenvalue weighted by atomic mass is 10.1. The zero-order valence-corrected chi connectivity index (χ0v) is 19.0. The molecule has 0 unspecified atom stereocenters. The van der Waals surface area contributed by atoms with Gasteiger partial charge in [0.2, 0.25) is 11.8 Å². The number of unbranched alkanes of at least 4 members (excludes halogenated alkanes) is 1. The van der Waals surface area contributed by atoms with Crippen LogP contribution in [0.4, 0.5) is 4.79 Å². The van der Waals surface area contributed by atoms with Crippen LogP contribution >= 0.6 is 0 Å². The van der Waals surface area contributed by atoms with Gasteiger partial charge in [-0.15, -0.1) is 0 Å². The summed E-state index contributed by atoms with van der Waals surface area (Å²) in [4.78, 5) is 51.8. The van der Waals surface area contributed by atoms with Crippen molar-refractivity contribution in [2.75, 3.05) is 19.6 Å². The molecule has 0 saturated carbocycles. The fraction of sp³-hybridized carbons (Fsp3) is 0.737. The van der Waals surface area contributed by atoms with Crippen molar-refractivity contribution >= 4 is 29.8 Å². The second-order valence-corrected chi connectivity index (χ2v) is 8.11. The highest BCUT2D eigenvalue weighted by Gasteiger charge is 2.26. The Morgan fingerprint density at radius 1 is 1.00 bits per heavy atom. The Morgan fingerprint density at radius 2 is 1.62 bits per heavy atom. The smallest absolute Gasteiger partial charge is 0.408 e. The number of aliphatic carboxylic acids is 1. The quantitative estimate of drug-likeness (QED) is 0.0934. The minimum Gasteiger partial charge on any atom is -0.480 e. The van der Waals surface area contributed by atoms with Crippen molar-refractivity contribution in [2.45, 2.75) is 70.6 Å². The maximum absolute atomic E-state index is 12.7. The average molecular weight is 460 g/mol. The lowest BCUT2D eigenvalue weighted by Crippen LogP contribution is -2.53. The Bertz CT molecular complexity index is 659. The van der Waals surface area contributed by atoms with Gasteiger partial charge in [-0.3, -0.25) is 14.6 Å². The molecule has 32 heavy (non-hydrogen) atoms. The molecule has 0 rings (SSSR count). The minimum atomic E-state index is -1.22. The first-order valence-electron chi connectivity index (χ1n) is 10.4. The first kappa shape index (κ1) is 28.9. The molecule has 3 amide bonds. The molecular formula is C19H37N7O6. The summed E-state index contributed by atoms with van der Waals surface area (Å²) in [7, 11) is 0. The molecule has 0 aromatic carbocycles. The molecular weight excluding hydrogens is 422 g/mol. The van der Waals surface area contributed by atoms with Crippen LogP contribution in [0.5, 0.6) is 0 Å². The summed E-state index contributed by atoms with van der Waals surface area (Å²) in [6.07, 6.45) is 1.07. The Balaban J connectivity index is 4.92. The number of carboxylic acid groups (broad SMARTS) is 1. The van der Waals surface area contributed by atoms with Gasteiger partial charge >= 0.3 is 12.1 Å². The third kappa shape index (κ3) is 14.8. The van der Waals surface area contributed by atoms with E-state index in [1.165, 1.54) is 0 Å². The molecule has 13 nitrogen and oxygen atoms in total. The lowest BCUT2D eigenvalue weighted by Gasteiger charge is -2.22. The zero-order chi connectivity index (χ0) is 24.7. The van der Waals surface area contributed by atoms with Crippen molar-refractivity contribution < 1.29 is 29.0 Å². The van der Waals surface area contributed by atoms with E-state index in [0.29, 0.717) is 25.8 Å². The summed E-state index contributed by atoms with van der Waals surface area (Å²) in [5, 5.41) is 16.6. The maximum atomic E-state index is 12.7. The molecule has 0 aliphatic rings. The molecule has 0 aromatic rings. The van der Waals surface area contributed by atoms with Crippen molar-refractivity contribution in [3.05, 3.63) is 0 Å². The van der Waals surface area contributed by atoms with E-state index < -0.39 is 48.1 Å². The molecule has 0 aliphatic heterocycles. The van der Waals surface area contributed by atoms with Crippen molar-refractivity contribution in [3.8, 4) is 0 Å². The van der Waals surface area contributed by atoms with Crippen molar-refractivity contribution in [2.24, 2.45) is 22.2 Å². The van der Waals surface area contributed by atoms with E-state index in [0.717, 1.165) is 0 Å². The van der Waals surface area contributed by atoms with Crippen LogP contribution in [0.2, 0.25) is 0 Å². The third-order valence-corrected chi connectivity index (χ3v) is 3.95. The molecule has 0 heterocycles. The summed E-state index contributed by atoms with van der Waals surface area (Å²) < 4.78 is 5.05. The highest BCUT2D eigenvalue weighted by Crippen LogP contribution is 2.07. The van der Waals surface area contributed by atoms with Crippen LogP contribution in [0.1, 0.15) is 52.9 Å². The lowest BCUT2D eigenvalue weighted by molar-refractivity contribution is -0.142. The number of carbonyl (C=O) groups excluding carboxylic acids is 3. The Morgan fingerprint density at radius 3 is 2.16 bits per heavy atom. The number of guanidine groups is 1. The van der Waals surface area contributed by atoms with E-state index in [9.17, 15) is 24.3 Å². The van der Waals surface area contributed by atoms with Gasteiger partial charge < -0.3 is 43.0 Å². The molecule has 0 bridgehead atoms. The number of nitrogens with two attached hydrogens (primary N) is 3. The Labute approximate surface area is 187 Å². The maximum Gasteiger partial charge on any atom is 0.408 e. The second-order valence-electron chi connectivity index (χ2n) is 8.11. The number of alkyl carbamates (subject to hydrolysis) is 1. The number of ether oxygens (including phenoxy) is 1. The normalized spacial score (nSPS) is 12.8.